The van der Waals surface area contributed by atoms with Crippen molar-refractivity contribution < 1.29 is 14.4 Å². The highest BCUT2D eigenvalue weighted by Gasteiger charge is 2.55. The predicted octanol–water partition coefficient (Wildman–Crippen LogP) is 2.46. The molecule has 2 N–H and O–H groups in total. The van der Waals surface area contributed by atoms with Gasteiger partial charge in [0.1, 0.15) is 12.1 Å². The van der Waals surface area contributed by atoms with Gasteiger partial charge >= 0.3 is 6.03 Å². The van der Waals surface area contributed by atoms with Crippen molar-refractivity contribution in [1.82, 2.24) is 15.5 Å². The fraction of sp³-hybridized carbons (Fsp3) is 0.500. The van der Waals surface area contributed by atoms with E-state index in [9.17, 15) is 14.4 Å². The molecule has 2 aliphatic rings. The van der Waals surface area contributed by atoms with Crippen LogP contribution >= 0.6 is 11.6 Å². The number of carbonyl (C=O) groups excluding carboxylic acids is 3. The van der Waals surface area contributed by atoms with Gasteiger partial charge in [0.25, 0.3) is 5.91 Å². The van der Waals surface area contributed by atoms with Crippen LogP contribution in [0.25, 0.3) is 0 Å². The van der Waals surface area contributed by atoms with E-state index in [0.29, 0.717) is 18.0 Å². The molecule has 2 atom stereocenters. The van der Waals surface area contributed by atoms with E-state index >= 15 is 0 Å². The van der Waals surface area contributed by atoms with Crippen LogP contribution < -0.4 is 10.6 Å². The summed E-state index contributed by atoms with van der Waals surface area (Å²) in [7, 11) is 0. The standard InChI is InChI=1S/C18H22ClN3O3/c1-12-4-2-3-9-18(12)16(24)22(17(25)21-18)11-15(23)20-10-13-5-7-14(19)8-6-13/h5-8,12H,2-4,9-11H2,1H3,(H,20,23)(H,21,25)/t12-,18+/m1/s1. The van der Waals surface area contributed by atoms with Crippen molar-refractivity contribution in [2.75, 3.05) is 6.54 Å². The summed E-state index contributed by atoms with van der Waals surface area (Å²) < 4.78 is 0. The second-order valence-corrected chi connectivity index (χ2v) is 7.28. The summed E-state index contributed by atoms with van der Waals surface area (Å²) >= 11 is 5.83. The Balaban J connectivity index is 1.60. The molecule has 25 heavy (non-hydrogen) atoms. The molecule has 0 bridgehead atoms. The number of hydrogen-bond donors (Lipinski definition) is 2. The third kappa shape index (κ3) is 3.49. The summed E-state index contributed by atoms with van der Waals surface area (Å²) in [5, 5.41) is 6.21. The van der Waals surface area contributed by atoms with Crippen LogP contribution in [0.15, 0.2) is 24.3 Å². The fourth-order valence-corrected chi connectivity index (χ4v) is 3.77. The normalized spacial score (nSPS) is 26.0. The van der Waals surface area contributed by atoms with Crippen LogP contribution in [0.3, 0.4) is 0 Å². The van der Waals surface area contributed by atoms with E-state index in [2.05, 4.69) is 10.6 Å². The molecular formula is C18H22ClN3O3. The van der Waals surface area contributed by atoms with Gasteiger partial charge in [-0.3, -0.25) is 14.5 Å². The van der Waals surface area contributed by atoms with Crippen LogP contribution in [-0.4, -0.2) is 34.8 Å². The molecule has 1 heterocycles. The monoisotopic (exact) mass is 363 g/mol. The average molecular weight is 364 g/mol. The first kappa shape index (κ1) is 17.7. The van der Waals surface area contributed by atoms with Crippen molar-refractivity contribution in [3.63, 3.8) is 0 Å². The highest BCUT2D eigenvalue weighted by atomic mass is 35.5. The van der Waals surface area contributed by atoms with Crippen LogP contribution in [0.4, 0.5) is 4.79 Å². The lowest BCUT2D eigenvalue weighted by atomic mass is 9.73. The number of carbonyl (C=O) groups is 3. The summed E-state index contributed by atoms with van der Waals surface area (Å²) in [4.78, 5) is 38.3. The Labute approximate surface area is 151 Å². The van der Waals surface area contributed by atoms with Gasteiger partial charge in [-0.25, -0.2) is 4.79 Å². The minimum atomic E-state index is -0.828. The molecule has 6 nitrogen and oxygen atoms in total. The Kier molecular flexibility index (Phi) is 4.99. The van der Waals surface area contributed by atoms with E-state index in [1.807, 2.05) is 19.1 Å². The topological polar surface area (TPSA) is 78.5 Å². The fourth-order valence-electron chi connectivity index (χ4n) is 3.64. The van der Waals surface area contributed by atoms with Crippen molar-refractivity contribution in [1.29, 1.82) is 0 Å². The van der Waals surface area contributed by atoms with E-state index in [4.69, 9.17) is 11.6 Å². The number of rotatable bonds is 4. The number of halogens is 1. The summed E-state index contributed by atoms with van der Waals surface area (Å²) in [5.41, 5.74) is 0.0681. The lowest BCUT2D eigenvalue weighted by Crippen LogP contribution is -2.54. The van der Waals surface area contributed by atoms with Gasteiger partial charge in [-0.1, -0.05) is 43.5 Å². The number of amides is 4. The second kappa shape index (κ2) is 7.04. The molecule has 4 amide bonds. The largest absolute Gasteiger partial charge is 0.350 e. The number of urea groups is 1. The average Bonchev–Trinajstić information content (AvgIpc) is 2.82. The molecule has 1 aromatic carbocycles. The third-order valence-corrected chi connectivity index (χ3v) is 5.46. The highest BCUT2D eigenvalue weighted by Crippen LogP contribution is 2.38. The SMILES string of the molecule is C[C@@H]1CCCC[C@]12NC(=O)N(CC(=O)NCc1ccc(Cl)cc1)C2=O. The lowest BCUT2D eigenvalue weighted by Gasteiger charge is -2.36. The number of nitrogens with zero attached hydrogens (tertiary/aromatic N) is 1. The first-order valence-corrected chi connectivity index (χ1v) is 8.95. The third-order valence-electron chi connectivity index (χ3n) is 5.21. The van der Waals surface area contributed by atoms with Gasteiger partial charge in [0.05, 0.1) is 0 Å². The number of nitrogens with one attached hydrogen (secondary N) is 2. The number of hydrogen-bond acceptors (Lipinski definition) is 3. The van der Waals surface area contributed by atoms with Crippen molar-refractivity contribution in [3.05, 3.63) is 34.9 Å². The van der Waals surface area contributed by atoms with Crippen LogP contribution in [0.1, 0.15) is 38.2 Å². The molecule has 1 saturated heterocycles. The van der Waals surface area contributed by atoms with Crippen LogP contribution in [-0.2, 0) is 16.1 Å². The second-order valence-electron chi connectivity index (χ2n) is 6.84. The van der Waals surface area contributed by atoms with Gasteiger partial charge < -0.3 is 10.6 Å². The van der Waals surface area contributed by atoms with Crippen molar-refractivity contribution >= 4 is 29.4 Å². The van der Waals surface area contributed by atoms with Gasteiger partial charge in [0, 0.05) is 11.6 Å². The molecule has 1 aliphatic heterocycles. The summed E-state index contributed by atoms with van der Waals surface area (Å²) in [5.74, 6) is -0.551. The first-order chi connectivity index (χ1) is 11.9. The van der Waals surface area contributed by atoms with Gasteiger partial charge in [0.2, 0.25) is 5.91 Å². The van der Waals surface area contributed by atoms with E-state index < -0.39 is 11.6 Å². The molecule has 0 aromatic heterocycles. The number of imide groups is 1. The van der Waals surface area contributed by atoms with Crippen LogP contribution in [0.2, 0.25) is 5.02 Å². The van der Waals surface area contributed by atoms with E-state index in [1.54, 1.807) is 12.1 Å². The van der Waals surface area contributed by atoms with Crippen molar-refractivity contribution in [3.8, 4) is 0 Å². The maximum absolute atomic E-state index is 12.8. The molecular weight excluding hydrogens is 342 g/mol. The molecule has 134 valence electrons. The lowest BCUT2D eigenvalue weighted by molar-refractivity contribution is -0.137. The molecule has 0 radical (unpaired) electrons. The molecule has 0 unspecified atom stereocenters. The Morgan fingerprint density at radius 2 is 2.04 bits per heavy atom. The van der Waals surface area contributed by atoms with Gasteiger partial charge in [-0.05, 0) is 36.5 Å². The molecule has 3 rings (SSSR count). The van der Waals surface area contributed by atoms with E-state index in [-0.39, 0.29) is 24.3 Å². The molecule has 2 fully saturated rings. The molecule has 1 aromatic rings. The highest BCUT2D eigenvalue weighted by molar-refractivity contribution is 6.30. The Morgan fingerprint density at radius 3 is 2.72 bits per heavy atom. The minimum absolute atomic E-state index is 0.0832. The van der Waals surface area contributed by atoms with Gasteiger partial charge in [-0.2, -0.15) is 0 Å². The smallest absolute Gasteiger partial charge is 0.325 e. The van der Waals surface area contributed by atoms with E-state index in [1.165, 1.54) is 0 Å². The Bertz CT molecular complexity index is 691. The quantitative estimate of drug-likeness (QED) is 0.806. The zero-order chi connectivity index (χ0) is 18.0. The maximum atomic E-state index is 12.8. The van der Waals surface area contributed by atoms with Crippen LogP contribution in [0, 0.1) is 5.92 Å². The summed E-state index contributed by atoms with van der Waals surface area (Å²) in [6, 6.07) is 6.65. The summed E-state index contributed by atoms with van der Waals surface area (Å²) in [6.07, 6.45) is 3.52. The van der Waals surface area contributed by atoms with Gasteiger partial charge in [0.15, 0.2) is 0 Å². The van der Waals surface area contributed by atoms with E-state index in [0.717, 1.165) is 29.7 Å². The minimum Gasteiger partial charge on any atom is -0.350 e. The van der Waals surface area contributed by atoms with Crippen molar-refractivity contribution in [2.24, 2.45) is 5.92 Å². The molecule has 7 heteroatoms. The molecule has 1 saturated carbocycles. The maximum Gasteiger partial charge on any atom is 0.325 e. The van der Waals surface area contributed by atoms with Crippen LogP contribution in [0.5, 0.6) is 0 Å². The zero-order valence-electron chi connectivity index (χ0n) is 14.2. The predicted molar refractivity (Wildman–Crippen MR) is 93.9 cm³/mol. The summed E-state index contributed by atoms with van der Waals surface area (Å²) in [6.45, 7) is 2.05. The van der Waals surface area contributed by atoms with Crippen molar-refractivity contribution in [2.45, 2.75) is 44.7 Å². The molecule has 1 aliphatic carbocycles. The zero-order valence-corrected chi connectivity index (χ0v) is 14.9. The Morgan fingerprint density at radius 1 is 1.32 bits per heavy atom. The van der Waals surface area contributed by atoms with Gasteiger partial charge in [-0.15, -0.1) is 0 Å². The Hall–Kier alpha value is -2.08. The number of benzene rings is 1. The first-order valence-electron chi connectivity index (χ1n) is 8.57. The molecule has 1 spiro atoms.